The molecule has 2 rings (SSSR count). The van der Waals surface area contributed by atoms with Crippen molar-refractivity contribution in [2.75, 3.05) is 27.4 Å². The van der Waals surface area contributed by atoms with E-state index in [0.29, 0.717) is 11.3 Å². The number of carbonyl (C=O) groups excluding carboxylic acids is 1. The Balaban J connectivity index is 1.96. The Morgan fingerprint density at radius 3 is 2.22 bits per heavy atom. The molecule has 0 saturated heterocycles. The summed E-state index contributed by atoms with van der Waals surface area (Å²) in [4.78, 5) is 12.1. The standard InChI is InChI=1S/C19H21F5O7S/c1-28-16(12-4-5-12)14-7-6-13(10-15(14)17(25)29-2)30-9-3-8-18(20,21)11-31-32(26,27)19(22,23)24/h6-7,10H,3-5,8-9,11H2,1-2H3. The van der Waals surface area contributed by atoms with Gasteiger partial charge in [0.15, 0.2) is 0 Å². The molecular formula is C19H21F5O7S. The molecule has 180 valence electrons. The Bertz CT molecular complexity index is 965. The van der Waals surface area contributed by atoms with Crippen molar-refractivity contribution in [2.24, 2.45) is 0 Å². The van der Waals surface area contributed by atoms with Crippen LogP contribution in [-0.4, -0.2) is 53.3 Å². The zero-order valence-corrected chi connectivity index (χ0v) is 17.9. The second-order valence-electron chi connectivity index (χ2n) is 6.81. The summed E-state index contributed by atoms with van der Waals surface area (Å²) in [6.45, 7) is -2.22. The molecule has 13 heteroatoms. The molecule has 1 fully saturated rings. The maximum Gasteiger partial charge on any atom is 0.523 e. The van der Waals surface area contributed by atoms with E-state index in [1.165, 1.54) is 26.4 Å². The third-order valence-corrected chi connectivity index (χ3v) is 5.33. The number of carbonyl (C=O) groups is 1. The smallest absolute Gasteiger partial charge is 0.496 e. The number of allylic oxidation sites excluding steroid dienone is 1. The van der Waals surface area contributed by atoms with E-state index in [2.05, 4.69) is 4.18 Å². The van der Waals surface area contributed by atoms with Gasteiger partial charge in [-0.1, -0.05) is 0 Å². The molecule has 32 heavy (non-hydrogen) atoms. The van der Waals surface area contributed by atoms with Crippen LogP contribution >= 0.6 is 0 Å². The maximum atomic E-state index is 13.7. The highest BCUT2D eigenvalue weighted by Gasteiger charge is 2.49. The molecule has 0 spiro atoms. The van der Waals surface area contributed by atoms with Crippen LogP contribution in [0.4, 0.5) is 22.0 Å². The van der Waals surface area contributed by atoms with Gasteiger partial charge in [0.2, 0.25) is 0 Å². The lowest BCUT2D eigenvalue weighted by Crippen LogP contribution is -2.32. The van der Waals surface area contributed by atoms with Crippen LogP contribution in [0.3, 0.4) is 0 Å². The monoisotopic (exact) mass is 488 g/mol. The van der Waals surface area contributed by atoms with E-state index >= 15 is 0 Å². The topological polar surface area (TPSA) is 88.1 Å². The molecule has 1 aliphatic carbocycles. The second-order valence-corrected chi connectivity index (χ2v) is 8.41. The molecule has 1 aromatic rings. The van der Waals surface area contributed by atoms with Crippen LogP contribution < -0.4 is 4.74 Å². The highest BCUT2D eigenvalue weighted by atomic mass is 32.2. The Kier molecular flexibility index (Phi) is 8.10. The first kappa shape index (κ1) is 25.8. The van der Waals surface area contributed by atoms with Crippen LogP contribution in [0.1, 0.15) is 41.6 Å². The minimum atomic E-state index is -6.10. The first-order valence-corrected chi connectivity index (χ1v) is 10.7. The van der Waals surface area contributed by atoms with Crippen LogP contribution in [0, 0.1) is 0 Å². The SMILES string of the molecule is COC(=O)c1cc(OCCCC(F)(F)COS(=O)(=O)C(F)(F)F)ccc1C(OC)=C1CC1. The summed E-state index contributed by atoms with van der Waals surface area (Å²) in [7, 11) is -3.44. The number of halogens is 5. The van der Waals surface area contributed by atoms with E-state index in [1.54, 1.807) is 6.07 Å². The zero-order chi connectivity index (χ0) is 24.2. The minimum absolute atomic E-state index is 0.150. The molecular weight excluding hydrogens is 467 g/mol. The summed E-state index contributed by atoms with van der Waals surface area (Å²) < 4.78 is 104. The molecule has 0 aliphatic heterocycles. The van der Waals surface area contributed by atoms with Crippen molar-refractivity contribution in [3.63, 3.8) is 0 Å². The fourth-order valence-electron chi connectivity index (χ4n) is 2.65. The van der Waals surface area contributed by atoms with E-state index in [9.17, 15) is 35.2 Å². The molecule has 1 aliphatic rings. The van der Waals surface area contributed by atoms with E-state index in [1.807, 2.05) is 0 Å². The minimum Gasteiger partial charge on any atom is -0.496 e. The molecule has 0 bridgehead atoms. The molecule has 0 heterocycles. The molecule has 0 aromatic heterocycles. The number of ether oxygens (including phenoxy) is 3. The number of methoxy groups -OCH3 is 2. The lowest BCUT2D eigenvalue weighted by Gasteiger charge is -2.17. The van der Waals surface area contributed by atoms with Crippen LogP contribution in [0.2, 0.25) is 0 Å². The van der Waals surface area contributed by atoms with Crippen molar-refractivity contribution in [2.45, 2.75) is 37.1 Å². The van der Waals surface area contributed by atoms with Gasteiger partial charge in [0.05, 0.1) is 26.4 Å². The van der Waals surface area contributed by atoms with Gasteiger partial charge in [-0.15, -0.1) is 0 Å². The molecule has 0 radical (unpaired) electrons. The number of esters is 1. The van der Waals surface area contributed by atoms with Gasteiger partial charge < -0.3 is 14.2 Å². The van der Waals surface area contributed by atoms with Gasteiger partial charge in [-0.05, 0) is 43.0 Å². The lowest BCUT2D eigenvalue weighted by atomic mass is 10.0. The third kappa shape index (κ3) is 6.79. The van der Waals surface area contributed by atoms with E-state index < -0.39 is 40.5 Å². The van der Waals surface area contributed by atoms with Crippen LogP contribution in [-0.2, 0) is 23.8 Å². The van der Waals surface area contributed by atoms with Gasteiger partial charge in [0.25, 0.3) is 5.92 Å². The quantitative estimate of drug-likeness (QED) is 0.115. The van der Waals surface area contributed by atoms with E-state index in [4.69, 9.17) is 14.2 Å². The van der Waals surface area contributed by atoms with Crippen molar-refractivity contribution < 1.29 is 53.6 Å². The number of benzene rings is 1. The summed E-state index contributed by atoms with van der Waals surface area (Å²) in [6, 6.07) is 4.43. The maximum absolute atomic E-state index is 13.7. The van der Waals surface area contributed by atoms with E-state index in [0.717, 1.165) is 18.4 Å². The lowest BCUT2D eigenvalue weighted by molar-refractivity contribution is -0.0757. The van der Waals surface area contributed by atoms with Gasteiger partial charge in [0, 0.05) is 12.0 Å². The first-order chi connectivity index (χ1) is 14.8. The average Bonchev–Trinajstić information content (AvgIpc) is 3.55. The average molecular weight is 488 g/mol. The molecule has 0 N–H and O–H groups in total. The molecule has 1 aromatic carbocycles. The number of rotatable bonds is 11. The van der Waals surface area contributed by atoms with Crippen LogP contribution in [0.25, 0.3) is 5.76 Å². The predicted molar refractivity (Wildman–Crippen MR) is 102 cm³/mol. The number of hydrogen-bond acceptors (Lipinski definition) is 7. The van der Waals surface area contributed by atoms with Crippen molar-refractivity contribution in [3.8, 4) is 5.75 Å². The summed E-state index contributed by atoms with van der Waals surface area (Å²) in [6.07, 6.45) is 0.363. The predicted octanol–water partition coefficient (Wildman–Crippen LogP) is 4.29. The first-order valence-electron chi connectivity index (χ1n) is 9.26. The summed E-state index contributed by atoms with van der Waals surface area (Å²) in [5.41, 5.74) is -4.11. The van der Waals surface area contributed by atoms with Gasteiger partial charge in [0.1, 0.15) is 18.1 Å². The third-order valence-electron chi connectivity index (χ3n) is 4.33. The van der Waals surface area contributed by atoms with E-state index in [-0.39, 0.29) is 24.3 Å². The Hall–Kier alpha value is -2.41. The Morgan fingerprint density at radius 2 is 1.69 bits per heavy atom. The highest BCUT2D eigenvalue weighted by Crippen LogP contribution is 2.38. The number of alkyl halides is 5. The van der Waals surface area contributed by atoms with Gasteiger partial charge in [-0.3, -0.25) is 4.18 Å². The van der Waals surface area contributed by atoms with Crippen LogP contribution in [0.15, 0.2) is 23.8 Å². The Labute approximate surface area is 181 Å². The second kappa shape index (κ2) is 10.0. The van der Waals surface area contributed by atoms with Gasteiger partial charge in [-0.2, -0.15) is 21.6 Å². The Morgan fingerprint density at radius 1 is 1.03 bits per heavy atom. The fourth-order valence-corrected chi connectivity index (χ4v) is 3.11. The van der Waals surface area contributed by atoms with Crippen LogP contribution in [0.5, 0.6) is 5.75 Å². The van der Waals surface area contributed by atoms with Crippen molar-refractivity contribution in [1.29, 1.82) is 0 Å². The summed E-state index contributed by atoms with van der Waals surface area (Å²) in [5, 5.41) is 0. The van der Waals surface area contributed by atoms with Crippen molar-refractivity contribution in [3.05, 3.63) is 34.9 Å². The summed E-state index contributed by atoms with van der Waals surface area (Å²) >= 11 is 0. The highest BCUT2D eigenvalue weighted by molar-refractivity contribution is 7.87. The van der Waals surface area contributed by atoms with Gasteiger partial charge >= 0.3 is 21.6 Å². The molecule has 1 saturated carbocycles. The molecule has 0 unspecified atom stereocenters. The fraction of sp³-hybridized carbons (Fsp3) is 0.526. The number of hydrogen-bond donors (Lipinski definition) is 0. The van der Waals surface area contributed by atoms with Crippen molar-refractivity contribution >= 4 is 21.8 Å². The normalized spacial score (nSPS) is 14.2. The van der Waals surface area contributed by atoms with Gasteiger partial charge in [-0.25, -0.2) is 13.6 Å². The molecule has 0 amide bonds. The zero-order valence-electron chi connectivity index (χ0n) is 17.1. The van der Waals surface area contributed by atoms with Crippen molar-refractivity contribution in [1.82, 2.24) is 0 Å². The molecule has 7 nitrogen and oxygen atoms in total. The molecule has 0 atom stereocenters. The summed E-state index contributed by atoms with van der Waals surface area (Å²) in [5.74, 6) is -3.77. The largest absolute Gasteiger partial charge is 0.523 e.